The van der Waals surface area contributed by atoms with Crippen LogP contribution in [-0.4, -0.2) is 72.9 Å². The number of aliphatic hydroxyl groups is 1. The molecule has 2 aromatic carbocycles. The number of nitrogens with zero attached hydrogens (tertiary/aromatic N) is 4. The Morgan fingerprint density at radius 2 is 1.42 bits per heavy atom. The number of benzene rings is 2. The van der Waals surface area contributed by atoms with Crippen molar-refractivity contribution in [3.05, 3.63) is 72.6 Å². The van der Waals surface area contributed by atoms with Gasteiger partial charge in [-0.2, -0.15) is 0 Å². The van der Waals surface area contributed by atoms with Gasteiger partial charge in [-0.3, -0.25) is 9.59 Å². The molecule has 1 aromatic heterocycles. The molecule has 0 saturated carbocycles. The van der Waals surface area contributed by atoms with Gasteiger partial charge in [-0.05, 0) is 70.2 Å². The Kier molecular flexibility index (Phi) is 12.2. The Morgan fingerprint density at radius 1 is 0.885 bits per heavy atom. The molecule has 14 nitrogen and oxygen atoms in total. The van der Waals surface area contributed by atoms with Crippen LogP contribution in [0.15, 0.2) is 66.9 Å². The quantitative estimate of drug-likeness (QED) is 0.186. The first-order chi connectivity index (χ1) is 24.1. The van der Waals surface area contributed by atoms with Crippen LogP contribution in [0.4, 0.5) is 4.79 Å². The first-order valence-corrected chi connectivity index (χ1v) is 19.0. The summed E-state index contributed by atoms with van der Waals surface area (Å²) in [6.45, 7) is 17.3. The second-order valence-corrected chi connectivity index (χ2v) is 18.0. The molecule has 3 amide bonds. The van der Waals surface area contributed by atoms with Crippen molar-refractivity contribution in [1.29, 1.82) is 0 Å². The fraction of sp³-hybridized carbons (Fsp3) is 0.541. The van der Waals surface area contributed by atoms with Crippen LogP contribution >= 0.6 is 7.60 Å². The third-order valence-corrected chi connectivity index (χ3v) is 10.7. The Labute approximate surface area is 306 Å². The van der Waals surface area contributed by atoms with Gasteiger partial charge in [-0.15, -0.1) is 5.10 Å². The second kappa shape index (κ2) is 15.7. The van der Waals surface area contributed by atoms with Crippen LogP contribution in [0.2, 0.25) is 0 Å². The summed E-state index contributed by atoms with van der Waals surface area (Å²) < 4.78 is 34.1. The molecule has 3 aromatic rings. The highest BCUT2D eigenvalue weighted by Crippen LogP contribution is 2.54. The number of likely N-dealkylation sites (tertiary alicyclic amines) is 1. The molecule has 1 fully saturated rings. The van der Waals surface area contributed by atoms with Gasteiger partial charge in [0.15, 0.2) is 5.78 Å². The Morgan fingerprint density at radius 3 is 1.87 bits per heavy atom. The van der Waals surface area contributed by atoms with Crippen LogP contribution in [0, 0.1) is 11.3 Å². The predicted molar refractivity (Wildman–Crippen MR) is 196 cm³/mol. The van der Waals surface area contributed by atoms with E-state index >= 15 is 0 Å². The summed E-state index contributed by atoms with van der Waals surface area (Å²) in [7, 11) is -4.20. The van der Waals surface area contributed by atoms with Crippen molar-refractivity contribution < 1.29 is 37.8 Å². The smallest absolute Gasteiger partial charge is 0.444 e. The van der Waals surface area contributed by atoms with Gasteiger partial charge in [-0.25, -0.2) is 14.0 Å². The molecule has 0 spiro atoms. The maximum Gasteiger partial charge on any atom is 0.453 e. The van der Waals surface area contributed by atoms with Gasteiger partial charge >= 0.3 is 13.7 Å². The van der Waals surface area contributed by atoms with Crippen LogP contribution in [-0.2, 0) is 24.5 Å². The van der Waals surface area contributed by atoms with Gasteiger partial charge in [0.1, 0.15) is 40.5 Å². The number of hydrogen-bond acceptors (Lipinski definition) is 10. The van der Waals surface area contributed by atoms with E-state index in [0.29, 0.717) is 5.69 Å². The zero-order chi connectivity index (χ0) is 38.6. The zero-order valence-electron chi connectivity index (χ0n) is 31.7. The summed E-state index contributed by atoms with van der Waals surface area (Å²) in [6.07, 6.45) is 0.907. The van der Waals surface area contributed by atoms with E-state index in [4.69, 9.17) is 13.8 Å². The number of hydrogen-bond donors (Lipinski definition) is 3. The fourth-order valence-electron chi connectivity index (χ4n) is 5.71. The largest absolute Gasteiger partial charge is 0.453 e. The molecule has 0 bridgehead atoms. The third kappa shape index (κ3) is 10.3. The fourth-order valence-corrected chi connectivity index (χ4v) is 7.83. The molecule has 2 heterocycles. The van der Waals surface area contributed by atoms with E-state index in [2.05, 4.69) is 20.9 Å². The number of aromatic nitrogens is 3. The predicted octanol–water partition coefficient (Wildman–Crippen LogP) is 6.04. The molecule has 4 rings (SSSR count). The zero-order valence-corrected chi connectivity index (χ0v) is 32.6. The maximum atomic E-state index is 14.9. The van der Waals surface area contributed by atoms with Crippen molar-refractivity contribution >= 4 is 25.5 Å². The molecule has 0 radical (unpaired) electrons. The number of nitrogens with one attached hydrogen (secondary N) is 2. The topological polar surface area (TPSA) is 174 Å². The van der Waals surface area contributed by atoms with Crippen molar-refractivity contribution in [1.82, 2.24) is 30.5 Å². The lowest BCUT2D eigenvalue weighted by Gasteiger charge is -2.36. The monoisotopic (exact) mass is 740 g/mol. The molecule has 284 valence electrons. The van der Waals surface area contributed by atoms with Gasteiger partial charge in [0.05, 0.1) is 12.2 Å². The third-order valence-electron chi connectivity index (χ3n) is 8.36. The normalized spacial score (nSPS) is 18.0. The number of ether oxygens (including phenoxy) is 1. The van der Waals surface area contributed by atoms with E-state index in [1.165, 1.54) is 9.58 Å². The summed E-state index contributed by atoms with van der Waals surface area (Å²) in [6, 6.07) is 14.4. The van der Waals surface area contributed by atoms with E-state index in [0.717, 1.165) is 0 Å². The highest BCUT2D eigenvalue weighted by Gasteiger charge is 2.49. The van der Waals surface area contributed by atoms with Gasteiger partial charge in [0, 0.05) is 13.0 Å². The lowest BCUT2D eigenvalue weighted by Crippen LogP contribution is -2.59. The minimum Gasteiger partial charge on any atom is -0.444 e. The van der Waals surface area contributed by atoms with Crippen molar-refractivity contribution in [2.75, 3.05) is 6.54 Å². The van der Waals surface area contributed by atoms with Gasteiger partial charge in [-0.1, -0.05) is 76.2 Å². The number of carbonyl (C=O) groups excluding carboxylic acids is 3. The summed E-state index contributed by atoms with van der Waals surface area (Å²) >= 11 is 0. The number of amides is 3. The van der Waals surface area contributed by atoms with Crippen LogP contribution in [0.1, 0.15) is 87.4 Å². The standard InChI is InChI=1S/C37H53N6O8P/c1-24(2)32(52(48,50-26-17-13-11-14-18-26)51-27-19-15-12-16-20-27)39-31(44)28-21-25(43-23-29(40-41-43)37(9,10)47)22-42(28)33(45)30(35(3,4)5)38-34(46)49-36(6,7)8/h11-20,23-25,28,30,32,47H,21-22H2,1-10H3,(H,38,46)(H,39,44)/t25-,28+,30-,32?/m1/s1. The first-order valence-electron chi connectivity index (χ1n) is 17.4. The van der Waals surface area contributed by atoms with E-state index in [9.17, 15) is 24.1 Å². The van der Waals surface area contributed by atoms with E-state index in [1.54, 1.807) is 136 Å². The SMILES string of the molecule is CC(C)C(NC(=O)[C@@H]1C[C@@H](n2cc(C(C)(C)O)nn2)CN1C(=O)[C@@H](NC(=O)OC(C)(C)C)C(C)(C)C)P(=O)(Oc1ccccc1)Oc1ccccc1. The van der Waals surface area contributed by atoms with Crippen molar-refractivity contribution in [3.8, 4) is 11.5 Å². The van der Waals surface area contributed by atoms with E-state index in [-0.39, 0.29) is 24.5 Å². The average Bonchev–Trinajstić information content (AvgIpc) is 3.70. The lowest BCUT2D eigenvalue weighted by atomic mass is 9.85. The van der Waals surface area contributed by atoms with Crippen LogP contribution in [0.3, 0.4) is 0 Å². The second-order valence-electron chi connectivity index (χ2n) is 16.0. The number of rotatable bonds is 12. The molecule has 4 atom stereocenters. The minimum atomic E-state index is -4.20. The maximum absolute atomic E-state index is 14.9. The molecular formula is C37H53N6O8P. The molecule has 1 saturated heterocycles. The highest BCUT2D eigenvalue weighted by atomic mass is 31.2. The molecule has 52 heavy (non-hydrogen) atoms. The molecule has 1 aliphatic rings. The Balaban J connectivity index is 1.72. The van der Waals surface area contributed by atoms with Gasteiger partial charge < -0.3 is 34.4 Å². The lowest BCUT2D eigenvalue weighted by molar-refractivity contribution is -0.142. The molecular weight excluding hydrogens is 687 g/mol. The first kappa shape index (κ1) is 40.4. The van der Waals surface area contributed by atoms with E-state index in [1.807, 2.05) is 0 Å². The Hall–Kier alpha value is -4.42. The van der Waals surface area contributed by atoms with Crippen LogP contribution in [0.5, 0.6) is 11.5 Å². The Bertz CT molecular complexity index is 1680. The van der Waals surface area contributed by atoms with Gasteiger partial charge in [0.25, 0.3) is 0 Å². The van der Waals surface area contributed by atoms with E-state index < -0.39 is 71.9 Å². The van der Waals surface area contributed by atoms with Crippen molar-refractivity contribution in [2.24, 2.45) is 11.3 Å². The number of alkyl carbamates (subject to hydrolysis) is 1. The average molecular weight is 741 g/mol. The molecule has 1 unspecified atom stereocenters. The molecule has 15 heteroatoms. The molecule has 1 aliphatic heterocycles. The number of carbonyl (C=O) groups is 3. The van der Waals surface area contributed by atoms with Crippen LogP contribution < -0.4 is 19.7 Å². The molecule has 0 aliphatic carbocycles. The summed E-state index contributed by atoms with van der Waals surface area (Å²) in [5.74, 6) is -2.15. The van der Waals surface area contributed by atoms with Crippen molar-refractivity contribution in [3.63, 3.8) is 0 Å². The summed E-state index contributed by atoms with van der Waals surface area (Å²) in [5.41, 5.74) is -2.57. The van der Waals surface area contributed by atoms with Gasteiger partial charge in [0.2, 0.25) is 11.8 Å². The van der Waals surface area contributed by atoms with Crippen LogP contribution in [0.25, 0.3) is 0 Å². The summed E-state index contributed by atoms with van der Waals surface area (Å²) in [4.78, 5) is 43.4. The highest BCUT2D eigenvalue weighted by molar-refractivity contribution is 7.55. The number of para-hydroxylation sites is 2. The summed E-state index contributed by atoms with van der Waals surface area (Å²) in [5, 5.41) is 24.5. The minimum absolute atomic E-state index is 0.0270. The van der Waals surface area contributed by atoms with Crippen molar-refractivity contribution in [2.45, 2.75) is 111 Å². The molecule has 3 N–H and O–H groups in total.